The number of aliphatic imine (C=N–C) groups is 1. The van der Waals surface area contributed by atoms with E-state index < -0.39 is 5.91 Å². The molecule has 9 heteroatoms. The van der Waals surface area contributed by atoms with Crippen molar-refractivity contribution in [3.8, 4) is 17.2 Å². The minimum atomic E-state index is -0.425. The lowest BCUT2D eigenvalue weighted by atomic mass is 10.1. The van der Waals surface area contributed by atoms with Gasteiger partial charge < -0.3 is 14.2 Å². The SMILES string of the molecule is CCCCCCCC1=NN2C(=N)/C(=C/c3cccc(OCCOc4ccc(OCCCCCC)cc4)c3)C(=O)N=C2S1. The fraction of sp³-hybridized carbons (Fsp3) is 0.455. The van der Waals surface area contributed by atoms with E-state index in [0.717, 1.165) is 54.4 Å². The Labute approximate surface area is 253 Å². The standard InChI is InChI=1S/C33H42N4O4S/c1-3-5-7-9-10-15-30-36-37-31(34)29(32(38)35-33(37)42-30)24-25-13-12-14-28(23-25)41-22-21-40-27-18-16-26(17-19-27)39-20-11-8-6-4-2/h12-14,16-19,23-24,34H,3-11,15,20-22H2,1-2H3/b29-24-,34-31?. The molecular weight excluding hydrogens is 548 g/mol. The maximum absolute atomic E-state index is 12.8. The van der Waals surface area contributed by atoms with Crippen LogP contribution < -0.4 is 14.2 Å². The zero-order valence-corrected chi connectivity index (χ0v) is 25.6. The van der Waals surface area contributed by atoms with E-state index in [1.165, 1.54) is 55.3 Å². The molecule has 0 atom stereocenters. The summed E-state index contributed by atoms with van der Waals surface area (Å²) in [4.78, 5) is 17.0. The van der Waals surface area contributed by atoms with Crippen LogP contribution in [0.5, 0.6) is 17.2 Å². The predicted molar refractivity (Wildman–Crippen MR) is 172 cm³/mol. The van der Waals surface area contributed by atoms with Gasteiger partial charge in [0.1, 0.15) is 35.5 Å². The summed E-state index contributed by atoms with van der Waals surface area (Å²) in [5, 5.41) is 16.1. The quantitative estimate of drug-likeness (QED) is 0.139. The van der Waals surface area contributed by atoms with Crippen molar-refractivity contribution in [2.45, 2.75) is 78.1 Å². The maximum Gasteiger partial charge on any atom is 0.283 e. The number of amides is 1. The average Bonchev–Trinajstić information content (AvgIpc) is 3.41. The third-order valence-electron chi connectivity index (χ3n) is 6.87. The van der Waals surface area contributed by atoms with E-state index in [4.69, 9.17) is 19.6 Å². The Bertz CT molecular complexity index is 1290. The summed E-state index contributed by atoms with van der Waals surface area (Å²) in [5.74, 6) is 1.88. The van der Waals surface area contributed by atoms with Crippen molar-refractivity contribution in [2.75, 3.05) is 19.8 Å². The smallest absolute Gasteiger partial charge is 0.283 e. The zero-order valence-electron chi connectivity index (χ0n) is 24.8. The molecule has 0 fully saturated rings. The van der Waals surface area contributed by atoms with Gasteiger partial charge in [-0.15, -0.1) is 0 Å². The number of fused-ring (bicyclic) bond motifs is 1. The Morgan fingerprint density at radius 2 is 1.45 bits per heavy atom. The highest BCUT2D eigenvalue weighted by atomic mass is 32.2. The van der Waals surface area contributed by atoms with Crippen LogP contribution in [0.15, 0.2) is 64.2 Å². The van der Waals surface area contributed by atoms with Gasteiger partial charge in [-0.1, -0.05) is 70.9 Å². The molecule has 2 aromatic carbocycles. The Hall–Kier alpha value is -3.59. The summed E-state index contributed by atoms with van der Waals surface area (Å²) >= 11 is 1.39. The second-order valence-corrected chi connectivity index (χ2v) is 11.4. The van der Waals surface area contributed by atoms with Gasteiger partial charge in [0.05, 0.1) is 12.2 Å². The number of nitrogens with zero attached hydrogens (tertiary/aromatic N) is 3. The molecule has 1 N–H and O–H groups in total. The largest absolute Gasteiger partial charge is 0.494 e. The number of thioether (sulfide) groups is 1. The molecule has 0 bridgehead atoms. The van der Waals surface area contributed by atoms with Crippen molar-refractivity contribution in [2.24, 2.45) is 10.1 Å². The summed E-state index contributed by atoms with van der Waals surface area (Å²) in [7, 11) is 0. The lowest BCUT2D eigenvalue weighted by Gasteiger charge is -2.20. The lowest BCUT2D eigenvalue weighted by Crippen LogP contribution is -2.35. The number of nitrogens with one attached hydrogen (secondary N) is 1. The van der Waals surface area contributed by atoms with Gasteiger partial charge in [0.2, 0.25) is 5.17 Å². The molecule has 1 amide bonds. The van der Waals surface area contributed by atoms with Crippen molar-refractivity contribution in [3.63, 3.8) is 0 Å². The third-order valence-corrected chi connectivity index (χ3v) is 7.84. The van der Waals surface area contributed by atoms with Crippen LogP contribution in [0, 0.1) is 5.41 Å². The highest BCUT2D eigenvalue weighted by molar-refractivity contribution is 8.26. The summed E-state index contributed by atoms with van der Waals surface area (Å²) in [6.07, 6.45) is 13.1. The summed E-state index contributed by atoms with van der Waals surface area (Å²) in [6, 6.07) is 15.1. The molecule has 0 spiro atoms. The Kier molecular flexibility index (Phi) is 12.5. The highest BCUT2D eigenvalue weighted by Crippen LogP contribution is 2.30. The minimum absolute atomic E-state index is 0.0473. The molecule has 0 aromatic heterocycles. The van der Waals surface area contributed by atoms with Crippen molar-refractivity contribution < 1.29 is 19.0 Å². The molecule has 0 aliphatic carbocycles. The average molecular weight is 591 g/mol. The van der Waals surface area contributed by atoms with Crippen LogP contribution in [-0.4, -0.2) is 46.8 Å². The van der Waals surface area contributed by atoms with Gasteiger partial charge in [0, 0.05) is 0 Å². The van der Waals surface area contributed by atoms with Crippen LogP contribution in [0.4, 0.5) is 0 Å². The number of carbonyl (C=O) groups is 1. The van der Waals surface area contributed by atoms with Gasteiger partial charge >= 0.3 is 0 Å². The fourth-order valence-electron chi connectivity index (χ4n) is 4.54. The lowest BCUT2D eigenvalue weighted by molar-refractivity contribution is -0.114. The van der Waals surface area contributed by atoms with Crippen LogP contribution in [0.1, 0.15) is 83.6 Å². The van der Waals surface area contributed by atoms with Gasteiger partial charge in [-0.05, 0) is 79.1 Å². The van der Waals surface area contributed by atoms with E-state index in [2.05, 4.69) is 23.9 Å². The zero-order chi connectivity index (χ0) is 29.6. The van der Waals surface area contributed by atoms with E-state index in [1.54, 1.807) is 6.08 Å². The first-order chi connectivity index (χ1) is 20.6. The van der Waals surface area contributed by atoms with E-state index in [9.17, 15) is 4.79 Å². The summed E-state index contributed by atoms with van der Waals surface area (Å²) in [6.45, 7) is 5.88. The summed E-state index contributed by atoms with van der Waals surface area (Å²) < 4.78 is 17.5. The number of hydrazone groups is 1. The second kappa shape index (κ2) is 16.8. The molecule has 8 nitrogen and oxygen atoms in total. The van der Waals surface area contributed by atoms with Crippen LogP contribution in [-0.2, 0) is 4.79 Å². The van der Waals surface area contributed by atoms with Crippen molar-refractivity contribution in [1.82, 2.24) is 5.01 Å². The van der Waals surface area contributed by atoms with Crippen LogP contribution in [0.25, 0.3) is 6.08 Å². The van der Waals surface area contributed by atoms with Crippen molar-refractivity contribution in [1.29, 1.82) is 5.41 Å². The molecular formula is C33H42N4O4S. The van der Waals surface area contributed by atoms with Crippen molar-refractivity contribution in [3.05, 3.63) is 59.7 Å². The first-order valence-electron chi connectivity index (χ1n) is 15.1. The molecule has 2 aromatic rings. The number of amidine groups is 2. The number of carbonyl (C=O) groups excluding carboxylic acids is 1. The Balaban J connectivity index is 1.24. The topological polar surface area (TPSA) is 96.6 Å². The molecule has 4 rings (SSSR count). The molecule has 0 unspecified atom stereocenters. The molecule has 2 heterocycles. The molecule has 2 aliphatic heterocycles. The van der Waals surface area contributed by atoms with Gasteiger partial charge in [-0.25, -0.2) is 0 Å². The van der Waals surface area contributed by atoms with E-state index >= 15 is 0 Å². The molecule has 224 valence electrons. The van der Waals surface area contributed by atoms with E-state index in [1.807, 2.05) is 48.5 Å². The van der Waals surface area contributed by atoms with E-state index in [0.29, 0.717) is 24.1 Å². The number of benzene rings is 2. The van der Waals surface area contributed by atoms with Gasteiger partial charge in [-0.3, -0.25) is 10.2 Å². The van der Waals surface area contributed by atoms with Gasteiger partial charge in [-0.2, -0.15) is 15.1 Å². The van der Waals surface area contributed by atoms with E-state index in [-0.39, 0.29) is 11.4 Å². The maximum atomic E-state index is 12.8. The number of ether oxygens (including phenoxy) is 3. The molecule has 0 saturated heterocycles. The molecule has 2 aliphatic rings. The number of hydrogen-bond donors (Lipinski definition) is 1. The monoisotopic (exact) mass is 590 g/mol. The summed E-state index contributed by atoms with van der Waals surface area (Å²) in [5.41, 5.74) is 0.957. The second-order valence-electron chi connectivity index (χ2n) is 10.3. The number of hydrogen-bond acceptors (Lipinski definition) is 7. The normalized spacial score (nSPS) is 15.5. The minimum Gasteiger partial charge on any atom is -0.494 e. The van der Waals surface area contributed by atoms with Crippen LogP contribution in [0.2, 0.25) is 0 Å². The fourth-order valence-corrected chi connectivity index (χ4v) is 5.47. The van der Waals surface area contributed by atoms with Crippen LogP contribution in [0.3, 0.4) is 0 Å². The van der Waals surface area contributed by atoms with Crippen molar-refractivity contribution >= 4 is 39.8 Å². The Morgan fingerprint density at radius 1 is 0.810 bits per heavy atom. The van der Waals surface area contributed by atoms with Gasteiger partial charge in [0.25, 0.3) is 5.91 Å². The Morgan fingerprint density at radius 3 is 2.17 bits per heavy atom. The van der Waals surface area contributed by atoms with Gasteiger partial charge in [0.15, 0.2) is 5.84 Å². The first-order valence-corrected chi connectivity index (χ1v) is 16.0. The number of rotatable bonds is 18. The first kappa shape index (κ1) is 31.3. The van der Waals surface area contributed by atoms with Crippen LogP contribution >= 0.6 is 11.8 Å². The molecule has 0 saturated carbocycles. The molecule has 42 heavy (non-hydrogen) atoms. The molecule has 0 radical (unpaired) electrons. The highest BCUT2D eigenvalue weighted by Gasteiger charge is 2.35. The third kappa shape index (κ3) is 9.48. The predicted octanol–water partition coefficient (Wildman–Crippen LogP) is 8.08. The number of unbranched alkanes of at least 4 members (excludes halogenated alkanes) is 7.